The molecule has 0 bridgehead atoms. The molecule has 0 aliphatic heterocycles. The molecule has 0 unspecified atom stereocenters. The van der Waals surface area contributed by atoms with Crippen LogP contribution in [0.15, 0.2) is 30.9 Å². The predicted octanol–water partition coefficient (Wildman–Crippen LogP) is 0.644. The molecule has 0 N–H and O–H groups in total. The van der Waals surface area contributed by atoms with Crippen LogP contribution in [0.3, 0.4) is 0 Å². The summed E-state index contributed by atoms with van der Waals surface area (Å²) in [7, 11) is 0. The lowest BCUT2D eigenvalue weighted by Gasteiger charge is -1.98. The second-order valence-corrected chi connectivity index (χ2v) is 2.42. The van der Waals surface area contributed by atoms with Gasteiger partial charge in [-0.3, -0.25) is 4.98 Å². The first kappa shape index (κ1) is 7.50. The van der Waals surface area contributed by atoms with E-state index in [2.05, 4.69) is 21.2 Å². The summed E-state index contributed by atoms with van der Waals surface area (Å²) in [5.74, 6) is 2.51. The van der Waals surface area contributed by atoms with Crippen molar-refractivity contribution >= 4 is 0 Å². The highest BCUT2D eigenvalue weighted by Gasteiger charge is 1.97. The largest absolute Gasteiger partial charge is 0.261 e. The lowest BCUT2D eigenvalue weighted by molar-refractivity contribution is 0.799. The summed E-state index contributed by atoms with van der Waals surface area (Å²) in [6, 6.07) is 1.82. The lowest BCUT2D eigenvalue weighted by Crippen LogP contribution is -1.96. The van der Waals surface area contributed by atoms with Gasteiger partial charge in [0.25, 0.3) is 0 Å². The van der Waals surface area contributed by atoms with E-state index >= 15 is 0 Å². The Balaban J connectivity index is 2.49. The SMILES string of the molecule is C#Cc1cncc(-n2ccnn2)c1. The molecular weight excluding hydrogens is 164 g/mol. The molecule has 0 atom stereocenters. The van der Waals surface area contributed by atoms with Gasteiger partial charge in [0.15, 0.2) is 0 Å². The molecule has 0 aromatic carbocycles. The van der Waals surface area contributed by atoms with Crippen LogP contribution in [-0.4, -0.2) is 20.0 Å². The van der Waals surface area contributed by atoms with E-state index in [-0.39, 0.29) is 0 Å². The van der Waals surface area contributed by atoms with Crippen molar-refractivity contribution in [2.45, 2.75) is 0 Å². The Morgan fingerprint density at radius 3 is 3.00 bits per heavy atom. The smallest absolute Gasteiger partial charge is 0.0859 e. The fraction of sp³-hybridized carbons (Fsp3) is 0. The molecule has 0 aliphatic carbocycles. The highest BCUT2D eigenvalue weighted by molar-refractivity contribution is 5.38. The Kier molecular flexibility index (Phi) is 1.77. The second kappa shape index (κ2) is 3.07. The van der Waals surface area contributed by atoms with Crippen LogP contribution in [0, 0.1) is 12.3 Å². The summed E-state index contributed by atoms with van der Waals surface area (Å²) < 4.78 is 1.60. The maximum absolute atomic E-state index is 5.24. The van der Waals surface area contributed by atoms with Crippen LogP contribution in [0.2, 0.25) is 0 Å². The van der Waals surface area contributed by atoms with E-state index in [1.807, 2.05) is 6.07 Å². The van der Waals surface area contributed by atoms with E-state index in [4.69, 9.17) is 6.42 Å². The molecule has 4 nitrogen and oxygen atoms in total. The van der Waals surface area contributed by atoms with E-state index < -0.39 is 0 Å². The molecule has 2 heterocycles. The van der Waals surface area contributed by atoms with Crippen LogP contribution >= 0.6 is 0 Å². The first-order valence-electron chi connectivity index (χ1n) is 3.68. The van der Waals surface area contributed by atoms with Crippen LogP contribution < -0.4 is 0 Å². The Bertz CT molecular complexity index is 439. The number of terminal acetylenes is 1. The van der Waals surface area contributed by atoms with Gasteiger partial charge in [-0.05, 0) is 6.07 Å². The average molecular weight is 170 g/mol. The van der Waals surface area contributed by atoms with Crippen molar-refractivity contribution in [2.24, 2.45) is 0 Å². The maximum Gasteiger partial charge on any atom is 0.0859 e. The number of pyridine rings is 1. The van der Waals surface area contributed by atoms with Gasteiger partial charge in [0.2, 0.25) is 0 Å². The topological polar surface area (TPSA) is 43.6 Å². The zero-order valence-electron chi connectivity index (χ0n) is 6.75. The van der Waals surface area contributed by atoms with Crippen molar-refractivity contribution in [1.82, 2.24) is 20.0 Å². The molecule has 0 radical (unpaired) electrons. The average Bonchev–Trinajstić information content (AvgIpc) is 2.71. The van der Waals surface area contributed by atoms with Crippen LogP contribution in [0.5, 0.6) is 0 Å². The van der Waals surface area contributed by atoms with Gasteiger partial charge in [-0.25, -0.2) is 4.68 Å². The molecule has 62 valence electrons. The summed E-state index contributed by atoms with van der Waals surface area (Å²) in [6.07, 6.45) is 11.9. The lowest BCUT2D eigenvalue weighted by atomic mass is 10.3. The van der Waals surface area contributed by atoms with Gasteiger partial charge in [-0.15, -0.1) is 11.5 Å². The first-order chi connectivity index (χ1) is 6.40. The molecule has 2 aromatic heterocycles. The molecule has 4 heteroatoms. The van der Waals surface area contributed by atoms with Crippen molar-refractivity contribution in [3.05, 3.63) is 36.4 Å². The quantitative estimate of drug-likeness (QED) is 0.590. The monoisotopic (exact) mass is 170 g/mol. The highest BCUT2D eigenvalue weighted by atomic mass is 15.4. The highest BCUT2D eigenvalue weighted by Crippen LogP contribution is 2.05. The molecule has 13 heavy (non-hydrogen) atoms. The van der Waals surface area contributed by atoms with Crippen molar-refractivity contribution < 1.29 is 0 Å². The van der Waals surface area contributed by atoms with Gasteiger partial charge < -0.3 is 0 Å². The van der Waals surface area contributed by atoms with E-state index in [1.165, 1.54) is 0 Å². The number of hydrogen-bond donors (Lipinski definition) is 0. The zero-order valence-corrected chi connectivity index (χ0v) is 6.75. The van der Waals surface area contributed by atoms with Crippen molar-refractivity contribution in [2.75, 3.05) is 0 Å². The van der Waals surface area contributed by atoms with Crippen LogP contribution in [0.1, 0.15) is 5.56 Å². The standard InChI is InChI=1S/C9H6N4/c1-2-8-5-9(7-10-6-8)13-4-3-11-12-13/h1,3-7H. The van der Waals surface area contributed by atoms with Gasteiger partial charge in [0.05, 0.1) is 24.3 Å². The third-order valence-electron chi connectivity index (χ3n) is 1.58. The number of hydrogen-bond acceptors (Lipinski definition) is 3. The fourth-order valence-corrected chi connectivity index (χ4v) is 0.978. The number of rotatable bonds is 1. The Labute approximate surface area is 75.2 Å². The molecule has 0 amide bonds. The number of aromatic nitrogens is 4. The molecule has 0 spiro atoms. The van der Waals surface area contributed by atoms with E-state index in [0.29, 0.717) is 0 Å². The molecule has 0 saturated carbocycles. The van der Waals surface area contributed by atoms with Crippen LogP contribution in [0.25, 0.3) is 5.69 Å². The number of nitrogens with zero attached hydrogens (tertiary/aromatic N) is 4. The maximum atomic E-state index is 5.24. The van der Waals surface area contributed by atoms with Crippen LogP contribution in [-0.2, 0) is 0 Å². The van der Waals surface area contributed by atoms with Gasteiger partial charge in [-0.2, -0.15) is 0 Å². The van der Waals surface area contributed by atoms with Crippen LogP contribution in [0.4, 0.5) is 0 Å². The second-order valence-electron chi connectivity index (χ2n) is 2.42. The molecule has 0 saturated heterocycles. The predicted molar refractivity (Wildman–Crippen MR) is 47.1 cm³/mol. The minimum atomic E-state index is 0.730. The Morgan fingerprint density at radius 1 is 1.38 bits per heavy atom. The van der Waals surface area contributed by atoms with E-state index in [0.717, 1.165) is 11.3 Å². The van der Waals surface area contributed by atoms with Gasteiger partial charge in [0.1, 0.15) is 0 Å². The summed E-state index contributed by atoms with van der Waals surface area (Å²) in [6.45, 7) is 0. The molecule has 0 fully saturated rings. The van der Waals surface area contributed by atoms with Gasteiger partial charge in [0, 0.05) is 11.8 Å². The summed E-state index contributed by atoms with van der Waals surface area (Å²) in [5, 5.41) is 7.51. The Hall–Kier alpha value is -2.15. The minimum absolute atomic E-state index is 0.730. The fourth-order valence-electron chi connectivity index (χ4n) is 0.978. The molecule has 0 aliphatic rings. The van der Waals surface area contributed by atoms with Gasteiger partial charge >= 0.3 is 0 Å². The van der Waals surface area contributed by atoms with Gasteiger partial charge in [-0.1, -0.05) is 11.1 Å². The third-order valence-corrected chi connectivity index (χ3v) is 1.58. The Morgan fingerprint density at radius 2 is 2.31 bits per heavy atom. The first-order valence-corrected chi connectivity index (χ1v) is 3.68. The van der Waals surface area contributed by atoms with Crippen molar-refractivity contribution in [3.63, 3.8) is 0 Å². The van der Waals surface area contributed by atoms with Crippen molar-refractivity contribution in [3.8, 4) is 18.0 Å². The summed E-state index contributed by atoms with van der Waals surface area (Å²) >= 11 is 0. The minimum Gasteiger partial charge on any atom is -0.261 e. The zero-order chi connectivity index (χ0) is 9.10. The normalized spacial score (nSPS) is 9.46. The third kappa shape index (κ3) is 1.40. The van der Waals surface area contributed by atoms with E-state index in [1.54, 1.807) is 29.5 Å². The molecule has 2 rings (SSSR count). The molecular formula is C9H6N4. The van der Waals surface area contributed by atoms with E-state index in [9.17, 15) is 0 Å². The summed E-state index contributed by atoms with van der Waals surface area (Å²) in [5.41, 5.74) is 1.54. The van der Waals surface area contributed by atoms with Crippen molar-refractivity contribution in [1.29, 1.82) is 0 Å². The molecule has 2 aromatic rings. The summed E-state index contributed by atoms with van der Waals surface area (Å²) in [4.78, 5) is 3.98.